The average molecular weight is 318 g/mol. The van der Waals surface area contributed by atoms with Gasteiger partial charge in [-0.05, 0) is 55.2 Å². The summed E-state index contributed by atoms with van der Waals surface area (Å²) < 4.78 is 1.83. The average Bonchev–Trinajstić information content (AvgIpc) is 2.73. The highest BCUT2D eigenvalue weighted by atomic mass is 35.5. The van der Waals surface area contributed by atoms with Crippen LogP contribution in [-0.2, 0) is 24.7 Å². The Kier molecular flexibility index (Phi) is 3.57. The van der Waals surface area contributed by atoms with E-state index in [1.165, 1.54) is 6.07 Å². The number of aromatic nitrogens is 1. The summed E-state index contributed by atoms with van der Waals surface area (Å²) in [5, 5.41) is 9.79. The van der Waals surface area contributed by atoms with Gasteiger partial charge in [0.1, 0.15) is 0 Å². The SMILES string of the molecule is CC(C(=O)O)c1cc2c(n1C)-c1c(cc(Cl)ccc1=O)CC2. The lowest BCUT2D eigenvalue weighted by molar-refractivity contribution is -0.138. The molecule has 22 heavy (non-hydrogen) atoms. The highest BCUT2D eigenvalue weighted by Gasteiger charge is 2.27. The molecule has 0 bridgehead atoms. The monoisotopic (exact) mass is 317 g/mol. The molecule has 114 valence electrons. The zero-order valence-electron chi connectivity index (χ0n) is 12.4. The summed E-state index contributed by atoms with van der Waals surface area (Å²) >= 11 is 6.07. The number of halogens is 1. The van der Waals surface area contributed by atoms with Gasteiger partial charge in [0.2, 0.25) is 0 Å². The number of hydrogen-bond acceptors (Lipinski definition) is 2. The van der Waals surface area contributed by atoms with E-state index in [-0.39, 0.29) is 5.43 Å². The van der Waals surface area contributed by atoms with E-state index < -0.39 is 11.9 Å². The van der Waals surface area contributed by atoms with Crippen LogP contribution in [0, 0.1) is 0 Å². The van der Waals surface area contributed by atoms with Crippen molar-refractivity contribution in [1.82, 2.24) is 4.57 Å². The molecule has 0 fully saturated rings. The third kappa shape index (κ3) is 2.24. The van der Waals surface area contributed by atoms with Crippen LogP contribution in [0.3, 0.4) is 0 Å². The summed E-state index contributed by atoms with van der Waals surface area (Å²) in [6, 6.07) is 6.81. The molecule has 4 nitrogen and oxygen atoms in total. The second-order valence-corrected chi connectivity index (χ2v) is 6.13. The van der Waals surface area contributed by atoms with E-state index in [2.05, 4.69) is 0 Å². The molecule has 1 aromatic heterocycles. The van der Waals surface area contributed by atoms with E-state index in [1.54, 1.807) is 13.0 Å². The van der Waals surface area contributed by atoms with Crippen LogP contribution in [0.1, 0.15) is 29.7 Å². The normalized spacial score (nSPS) is 14.1. The van der Waals surface area contributed by atoms with Crippen molar-refractivity contribution in [2.24, 2.45) is 7.05 Å². The molecule has 5 heteroatoms. The van der Waals surface area contributed by atoms with Gasteiger partial charge in [0.05, 0.1) is 11.6 Å². The third-order valence-electron chi connectivity index (χ3n) is 4.34. The van der Waals surface area contributed by atoms with Gasteiger partial charge in [-0.15, -0.1) is 0 Å². The molecule has 1 aliphatic carbocycles. The largest absolute Gasteiger partial charge is 0.481 e. The van der Waals surface area contributed by atoms with E-state index >= 15 is 0 Å². The van der Waals surface area contributed by atoms with E-state index in [0.29, 0.717) is 16.3 Å². The fourth-order valence-electron chi connectivity index (χ4n) is 3.17. The van der Waals surface area contributed by atoms with E-state index in [9.17, 15) is 14.7 Å². The third-order valence-corrected chi connectivity index (χ3v) is 4.57. The number of fused-ring (bicyclic) bond motifs is 3. The molecule has 1 aliphatic rings. The Morgan fingerprint density at radius 3 is 2.64 bits per heavy atom. The Morgan fingerprint density at radius 1 is 1.27 bits per heavy atom. The minimum Gasteiger partial charge on any atom is -0.481 e. The van der Waals surface area contributed by atoms with E-state index in [1.807, 2.05) is 23.7 Å². The van der Waals surface area contributed by atoms with Crippen molar-refractivity contribution < 1.29 is 9.90 Å². The Bertz CT molecular complexity index is 839. The van der Waals surface area contributed by atoms with Gasteiger partial charge in [0, 0.05) is 23.3 Å². The maximum Gasteiger partial charge on any atom is 0.312 e. The molecule has 2 aromatic rings. The summed E-state index contributed by atoms with van der Waals surface area (Å²) in [6.45, 7) is 1.66. The van der Waals surface area contributed by atoms with E-state index in [0.717, 1.165) is 29.7 Å². The summed E-state index contributed by atoms with van der Waals surface area (Å²) in [5.74, 6) is -1.49. The molecule has 3 rings (SSSR count). The predicted octanol–water partition coefficient (Wildman–Crippen LogP) is 2.99. The smallest absolute Gasteiger partial charge is 0.312 e. The number of carboxylic acids is 1. The standard InChI is InChI=1S/C17H16ClNO3/c1-9(17(21)22)13-8-11-4-3-10-7-12(18)5-6-14(20)15(10)16(11)19(13)2/h5-9H,3-4H2,1-2H3,(H,21,22). The first kappa shape index (κ1) is 14.9. The Hall–Kier alpha value is -2.07. The lowest BCUT2D eigenvalue weighted by atomic mass is 9.91. The zero-order valence-corrected chi connectivity index (χ0v) is 13.1. The molecule has 0 amide bonds. The maximum atomic E-state index is 12.5. The van der Waals surface area contributed by atoms with Gasteiger partial charge in [0.15, 0.2) is 5.43 Å². The molecular formula is C17H16ClNO3. The lowest BCUT2D eigenvalue weighted by Gasteiger charge is -2.16. The van der Waals surface area contributed by atoms with Gasteiger partial charge in [-0.3, -0.25) is 9.59 Å². The van der Waals surface area contributed by atoms with Crippen molar-refractivity contribution >= 4 is 17.6 Å². The number of carboxylic acid groups (broad SMARTS) is 1. The first-order chi connectivity index (χ1) is 10.4. The van der Waals surface area contributed by atoms with Crippen molar-refractivity contribution in [3.8, 4) is 11.3 Å². The summed E-state index contributed by atoms with van der Waals surface area (Å²) in [7, 11) is 1.82. The van der Waals surface area contributed by atoms with Crippen molar-refractivity contribution in [2.75, 3.05) is 0 Å². The summed E-state index contributed by atoms with van der Waals surface area (Å²) in [5.41, 5.74) is 4.03. The van der Waals surface area contributed by atoms with Gasteiger partial charge in [-0.2, -0.15) is 0 Å². The molecule has 0 saturated heterocycles. The molecule has 0 saturated carbocycles. The van der Waals surface area contributed by atoms with Gasteiger partial charge in [0.25, 0.3) is 0 Å². The van der Waals surface area contributed by atoms with Crippen LogP contribution < -0.4 is 5.43 Å². The first-order valence-electron chi connectivity index (χ1n) is 7.14. The predicted molar refractivity (Wildman–Crippen MR) is 85.6 cm³/mol. The van der Waals surface area contributed by atoms with Crippen molar-refractivity contribution in [3.05, 3.63) is 56.3 Å². The minimum absolute atomic E-state index is 0.0846. The Morgan fingerprint density at radius 2 is 1.95 bits per heavy atom. The number of rotatable bonds is 2. The molecule has 0 radical (unpaired) electrons. The van der Waals surface area contributed by atoms with Gasteiger partial charge < -0.3 is 9.67 Å². The van der Waals surface area contributed by atoms with Gasteiger partial charge in [-0.1, -0.05) is 11.6 Å². The number of hydrogen-bond donors (Lipinski definition) is 1. The molecule has 1 unspecified atom stereocenters. The number of carbonyl (C=O) groups is 1. The summed E-state index contributed by atoms with van der Waals surface area (Å²) in [6.07, 6.45) is 1.51. The molecule has 1 heterocycles. The van der Waals surface area contributed by atoms with E-state index in [4.69, 9.17) is 11.6 Å². The van der Waals surface area contributed by atoms with Crippen LogP contribution in [0.25, 0.3) is 11.3 Å². The van der Waals surface area contributed by atoms with Crippen molar-refractivity contribution in [3.63, 3.8) is 0 Å². The summed E-state index contributed by atoms with van der Waals surface area (Å²) in [4.78, 5) is 23.7. The highest BCUT2D eigenvalue weighted by molar-refractivity contribution is 6.30. The van der Waals surface area contributed by atoms with Crippen LogP contribution in [0.15, 0.2) is 29.1 Å². The fraction of sp³-hybridized carbons (Fsp3) is 0.294. The van der Waals surface area contributed by atoms with Crippen molar-refractivity contribution in [2.45, 2.75) is 25.7 Å². The van der Waals surface area contributed by atoms with Crippen molar-refractivity contribution in [1.29, 1.82) is 0 Å². The van der Waals surface area contributed by atoms with Crippen LogP contribution in [0.5, 0.6) is 0 Å². The lowest BCUT2D eigenvalue weighted by Crippen LogP contribution is -2.15. The quantitative estimate of drug-likeness (QED) is 0.926. The molecule has 1 atom stereocenters. The Balaban J connectivity index is 2.30. The zero-order chi connectivity index (χ0) is 16.0. The number of aliphatic carboxylic acids is 1. The van der Waals surface area contributed by atoms with Crippen LogP contribution in [0.4, 0.5) is 0 Å². The number of nitrogens with zero attached hydrogens (tertiary/aromatic N) is 1. The van der Waals surface area contributed by atoms with Gasteiger partial charge >= 0.3 is 5.97 Å². The Labute approximate surface area is 133 Å². The second kappa shape index (κ2) is 5.29. The molecule has 1 N–H and O–H groups in total. The highest BCUT2D eigenvalue weighted by Crippen LogP contribution is 2.35. The van der Waals surface area contributed by atoms with Gasteiger partial charge in [-0.25, -0.2) is 0 Å². The van der Waals surface area contributed by atoms with Crippen LogP contribution >= 0.6 is 11.6 Å². The minimum atomic E-state index is -0.873. The maximum absolute atomic E-state index is 12.5. The number of aryl methyl sites for hydroxylation is 2. The molecule has 1 aromatic carbocycles. The molecular weight excluding hydrogens is 302 g/mol. The first-order valence-corrected chi connectivity index (χ1v) is 7.52. The molecule has 0 aliphatic heterocycles. The fourth-order valence-corrected chi connectivity index (χ4v) is 3.36. The van der Waals surface area contributed by atoms with Crippen LogP contribution in [-0.4, -0.2) is 15.6 Å². The topological polar surface area (TPSA) is 59.3 Å². The van der Waals surface area contributed by atoms with Crippen LogP contribution in [0.2, 0.25) is 5.02 Å². The molecule has 0 spiro atoms. The second-order valence-electron chi connectivity index (χ2n) is 5.69.